The first-order chi connectivity index (χ1) is 11.7. The number of methoxy groups -OCH3 is 1. The van der Waals surface area contributed by atoms with Gasteiger partial charge in [0.2, 0.25) is 6.79 Å². The van der Waals surface area contributed by atoms with E-state index in [2.05, 4.69) is 17.0 Å². The van der Waals surface area contributed by atoms with E-state index in [1.807, 2.05) is 0 Å². The minimum atomic E-state index is -0.917. The summed E-state index contributed by atoms with van der Waals surface area (Å²) in [7, 11) is 1.66. The predicted octanol–water partition coefficient (Wildman–Crippen LogP) is 1.53. The summed E-state index contributed by atoms with van der Waals surface area (Å²) in [6.45, 7) is 2.17. The average molecular weight is 331 g/mol. The zero-order valence-corrected chi connectivity index (χ0v) is 13.7. The molecule has 1 unspecified atom stereocenters. The van der Waals surface area contributed by atoms with Crippen molar-refractivity contribution in [3.8, 4) is 11.5 Å². The monoisotopic (exact) mass is 331 g/mol. The van der Waals surface area contributed by atoms with E-state index >= 15 is 0 Å². The Kier molecular flexibility index (Phi) is 2.46. The fraction of sp³-hybridized carbons (Fsp3) is 0.667. The third kappa shape index (κ3) is 1.39. The van der Waals surface area contributed by atoms with Crippen molar-refractivity contribution in [1.29, 1.82) is 0 Å². The zero-order valence-electron chi connectivity index (χ0n) is 13.7. The summed E-state index contributed by atoms with van der Waals surface area (Å²) in [4.78, 5) is 2.53. The van der Waals surface area contributed by atoms with Crippen molar-refractivity contribution < 1.29 is 24.1 Å². The quantitative estimate of drug-likeness (QED) is 0.842. The molecule has 1 aromatic carbocycles. The molecule has 6 heteroatoms. The molecule has 1 saturated carbocycles. The predicted molar refractivity (Wildman–Crippen MR) is 83.0 cm³/mol. The molecular formula is C18H21NO5. The molecule has 5 heterocycles. The summed E-state index contributed by atoms with van der Waals surface area (Å²) < 4.78 is 23.5. The minimum Gasteiger partial charge on any atom is -0.454 e. The van der Waals surface area contributed by atoms with Crippen LogP contribution in [0.15, 0.2) is 12.1 Å². The van der Waals surface area contributed by atoms with Crippen LogP contribution in [-0.2, 0) is 9.47 Å². The molecule has 1 aromatic rings. The van der Waals surface area contributed by atoms with E-state index in [4.69, 9.17) is 18.9 Å². The summed E-state index contributed by atoms with van der Waals surface area (Å²) in [5, 5.41) is 11.2. The highest BCUT2D eigenvalue weighted by molar-refractivity contribution is 5.54. The molecule has 3 fully saturated rings. The van der Waals surface area contributed by atoms with Crippen LogP contribution in [0.2, 0.25) is 0 Å². The van der Waals surface area contributed by atoms with Crippen LogP contribution in [-0.4, -0.2) is 54.4 Å². The minimum absolute atomic E-state index is 0.0167. The van der Waals surface area contributed by atoms with Crippen molar-refractivity contribution in [3.05, 3.63) is 23.3 Å². The first-order valence-corrected chi connectivity index (χ1v) is 8.76. The van der Waals surface area contributed by atoms with Gasteiger partial charge in [-0.05, 0) is 42.6 Å². The van der Waals surface area contributed by atoms with Gasteiger partial charge < -0.3 is 24.1 Å². The third-order valence-electron chi connectivity index (χ3n) is 6.90. The molecule has 7 rings (SSSR count). The SMILES string of the molecule is CO[C@]12C[C@]34CCCN3C[C@H](O1)c1cc3c(cc1[C@@H]4C2O)OCO3. The number of fused-ring (bicyclic) bond motifs is 1. The lowest BCUT2D eigenvalue weighted by Crippen LogP contribution is -2.47. The third-order valence-corrected chi connectivity index (χ3v) is 6.90. The van der Waals surface area contributed by atoms with Gasteiger partial charge in [-0.1, -0.05) is 0 Å². The van der Waals surface area contributed by atoms with E-state index in [9.17, 15) is 5.11 Å². The van der Waals surface area contributed by atoms with Gasteiger partial charge in [0.1, 0.15) is 6.10 Å². The van der Waals surface area contributed by atoms with Gasteiger partial charge in [-0.3, -0.25) is 4.90 Å². The fourth-order valence-corrected chi connectivity index (χ4v) is 5.94. The Morgan fingerprint density at radius 2 is 2.04 bits per heavy atom. The number of nitrogens with zero attached hydrogens (tertiary/aromatic N) is 1. The van der Waals surface area contributed by atoms with Crippen LogP contribution in [0.1, 0.15) is 42.4 Å². The molecule has 5 atom stereocenters. The van der Waals surface area contributed by atoms with Gasteiger partial charge in [0.25, 0.3) is 0 Å². The molecule has 0 amide bonds. The van der Waals surface area contributed by atoms with Crippen molar-refractivity contribution in [3.63, 3.8) is 0 Å². The Hall–Kier alpha value is -1.34. The van der Waals surface area contributed by atoms with E-state index in [1.54, 1.807) is 7.11 Å². The van der Waals surface area contributed by atoms with Crippen molar-refractivity contribution >= 4 is 0 Å². The maximum Gasteiger partial charge on any atom is 0.231 e. The van der Waals surface area contributed by atoms with E-state index < -0.39 is 11.9 Å². The smallest absolute Gasteiger partial charge is 0.231 e. The molecule has 5 aliphatic heterocycles. The maximum atomic E-state index is 11.2. The van der Waals surface area contributed by atoms with Gasteiger partial charge >= 0.3 is 0 Å². The fourth-order valence-electron chi connectivity index (χ4n) is 5.94. The first kappa shape index (κ1) is 13.9. The van der Waals surface area contributed by atoms with Crippen LogP contribution >= 0.6 is 0 Å². The molecular weight excluding hydrogens is 310 g/mol. The Morgan fingerprint density at radius 3 is 2.83 bits per heavy atom. The van der Waals surface area contributed by atoms with E-state index in [-0.39, 0.29) is 24.4 Å². The number of rotatable bonds is 1. The molecule has 0 radical (unpaired) electrons. The summed E-state index contributed by atoms with van der Waals surface area (Å²) in [6.07, 6.45) is 2.18. The Balaban J connectivity index is 1.64. The van der Waals surface area contributed by atoms with Crippen LogP contribution in [0.4, 0.5) is 0 Å². The Labute approximate surface area is 140 Å². The van der Waals surface area contributed by atoms with E-state index in [0.29, 0.717) is 0 Å². The first-order valence-electron chi connectivity index (χ1n) is 8.76. The highest BCUT2D eigenvalue weighted by Gasteiger charge is 2.70. The number of benzene rings is 1. The molecule has 4 bridgehead atoms. The highest BCUT2D eigenvalue weighted by atomic mass is 16.7. The molecule has 1 spiro atoms. The lowest BCUT2D eigenvalue weighted by atomic mass is 9.78. The van der Waals surface area contributed by atoms with Crippen molar-refractivity contribution in [2.24, 2.45) is 0 Å². The second-order valence-corrected chi connectivity index (χ2v) is 7.71. The molecule has 0 aromatic heterocycles. The average Bonchev–Trinajstić information content (AvgIpc) is 3.19. The summed E-state index contributed by atoms with van der Waals surface area (Å²) in [6, 6.07) is 4.12. The number of hydrogen-bond acceptors (Lipinski definition) is 6. The normalized spacial score (nSPS) is 44.5. The second-order valence-electron chi connectivity index (χ2n) is 7.71. The number of aliphatic hydroxyl groups excluding tert-OH is 1. The van der Waals surface area contributed by atoms with E-state index in [1.165, 1.54) is 0 Å². The summed E-state index contributed by atoms with van der Waals surface area (Å²) >= 11 is 0. The van der Waals surface area contributed by atoms with Crippen molar-refractivity contribution in [2.45, 2.75) is 48.7 Å². The Bertz CT molecular complexity index is 738. The molecule has 24 heavy (non-hydrogen) atoms. The molecule has 6 nitrogen and oxygen atoms in total. The largest absolute Gasteiger partial charge is 0.454 e. The second kappa shape index (κ2) is 4.25. The van der Waals surface area contributed by atoms with Gasteiger partial charge in [0.05, 0.1) is 6.10 Å². The lowest BCUT2D eigenvalue weighted by Gasteiger charge is -2.39. The van der Waals surface area contributed by atoms with Crippen LogP contribution < -0.4 is 9.47 Å². The molecule has 1 aliphatic carbocycles. The highest BCUT2D eigenvalue weighted by Crippen LogP contribution is 2.64. The molecule has 6 aliphatic rings. The van der Waals surface area contributed by atoms with Gasteiger partial charge in [0, 0.05) is 31.5 Å². The van der Waals surface area contributed by atoms with Crippen LogP contribution in [0.25, 0.3) is 0 Å². The van der Waals surface area contributed by atoms with Gasteiger partial charge in [0.15, 0.2) is 17.3 Å². The van der Waals surface area contributed by atoms with Crippen molar-refractivity contribution in [1.82, 2.24) is 4.90 Å². The number of hydrogen-bond donors (Lipinski definition) is 1. The van der Waals surface area contributed by atoms with E-state index in [0.717, 1.165) is 55.0 Å². The van der Waals surface area contributed by atoms with Crippen LogP contribution in [0.3, 0.4) is 0 Å². The molecule has 1 N–H and O–H groups in total. The number of ether oxygens (including phenoxy) is 4. The van der Waals surface area contributed by atoms with Crippen molar-refractivity contribution in [2.75, 3.05) is 27.0 Å². The summed E-state index contributed by atoms with van der Waals surface area (Å²) in [5.74, 6) is 0.617. The molecule has 2 saturated heterocycles. The van der Waals surface area contributed by atoms with Gasteiger partial charge in [-0.15, -0.1) is 0 Å². The number of aliphatic hydroxyl groups is 1. The Morgan fingerprint density at radius 1 is 1.25 bits per heavy atom. The maximum absolute atomic E-state index is 11.2. The standard InChI is InChI=1S/C18H21NO5/c1-21-18-8-17-3-2-4-19(17)7-14(24-18)10-5-12-13(23-9-22-12)6-11(10)15(17)16(18)20/h5-6,14-16,20H,2-4,7-9H2,1H3/t14-,15+,16?,17-,18+/m0/s1. The lowest BCUT2D eigenvalue weighted by molar-refractivity contribution is -0.277. The van der Waals surface area contributed by atoms with Gasteiger partial charge in [-0.2, -0.15) is 0 Å². The zero-order chi connectivity index (χ0) is 16.1. The van der Waals surface area contributed by atoms with Crippen LogP contribution in [0.5, 0.6) is 11.5 Å². The topological polar surface area (TPSA) is 60.4 Å². The molecule has 128 valence electrons. The summed E-state index contributed by atoms with van der Waals surface area (Å²) in [5.41, 5.74) is 2.19. The van der Waals surface area contributed by atoms with Gasteiger partial charge in [-0.25, -0.2) is 0 Å². The van der Waals surface area contributed by atoms with Crippen LogP contribution in [0, 0.1) is 0 Å².